The van der Waals surface area contributed by atoms with Crippen LogP contribution >= 0.6 is 0 Å². The number of urea groups is 1. The first kappa shape index (κ1) is 18.2. The molecule has 0 spiro atoms. The molecule has 0 aliphatic carbocycles. The predicted molar refractivity (Wildman–Crippen MR) is 70.8 cm³/mol. The summed E-state index contributed by atoms with van der Waals surface area (Å²) in [5.41, 5.74) is 0. The van der Waals surface area contributed by atoms with Crippen LogP contribution in [-0.4, -0.2) is 62.1 Å². The van der Waals surface area contributed by atoms with Crippen molar-refractivity contribution in [2.45, 2.75) is 19.0 Å². The van der Waals surface area contributed by atoms with E-state index in [0.717, 1.165) is 0 Å². The van der Waals surface area contributed by atoms with Crippen molar-refractivity contribution < 1.29 is 27.6 Å². The molecule has 1 fully saturated rings. The highest BCUT2D eigenvalue weighted by Crippen LogP contribution is 2.16. The van der Waals surface area contributed by atoms with Gasteiger partial charge >= 0.3 is 12.2 Å². The molecule has 10 heteroatoms. The highest BCUT2D eigenvalue weighted by Gasteiger charge is 2.28. The zero-order chi connectivity index (χ0) is 16.8. The highest BCUT2D eigenvalue weighted by molar-refractivity contribution is 5.95. The Morgan fingerprint density at radius 2 is 1.77 bits per heavy atom. The molecule has 0 bridgehead atoms. The maximum atomic E-state index is 11.9. The van der Waals surface area contributed by atoms with Crippen molar-refractivity contribution in [1.29, 1.82) is 0 Å². The van der Waals surface area contributed by atoms with Crippen LogP contribution in [0.4, 0.5) is 18.0 Å². The summed E-state index contributed by atoms with van der Waals surface area (Å²) in [6.45, 7) is -0.575. The van der Waals surface area contributed by atoms with Crippen LogP contribution in [0.1, 0.15) is 12.8 Å². The minimum atomic E-state index is -4.53. The van der Waals surface area contributed by atoms with E-state index < -0.39 is 24.7 Å². The van der Waals surface area contributed by atoms with Gasteiger partial charge in [-0.3, -0.25) is 19.8 Å². The Hall–Kier alpha value is -1.84. The molecular weight excluding hydrogens is 305 g/mol. The van der Waals surface area contributed by atoms with Crippen LogP contribution in [-0.2, 0) is 9.59 Å². The molecule has 1 saturated heterocycles. The second-order valence-electron chi connectivity index (χ2n) is 5.01. The lowest BCUT2D eigenvalue weighted by Gasteiger charge is -2.30. The Kier molecular flexibility index (Phi) is 6.60. The third-order valence-electron chi connectivity index (χ3n) is 3.27. The summed E-state index contributed by atoms with van der Waals surface area (Å²) in [6.07, 6.45) is -3.34. The maximum Gasteiger partial charge on any atom is 0.405 e. The number of carbonyl (C=O) groups excluding carboxylic acids is 3. The summed E-state index contributed by atoms with van der Waals surface area (Å²) < 4.78 is 35.7. The number of hydrogen-bond donors (Lipinski definition) is 3. The van der Waals surface area contributed by atoms with Gasteiger partial charge in [0, 0.05) is 13.0 Å². The number of alkyl halides is 3. The number of amides is 4. The smallest absolute Gasteiger partial charge is 0.359 e. The number of carbonyl (C=O) groups is 3. The molecule has 0 radical (unpaired) electrons. The van der Waals surface area contributed by atoms with E-state index in [0.29, 0.717) is 25.9 Å². The Morgan fingerprint density at radius 1 is 1.18 bits per heavy atom. The second-order valence-corrected chi connectivity index (χ2v) is 5.01. The average molecular weight is 324 g/mol. The molecule has 0 aromatic heterocycles. The molecule has 0 atom stereocenters. The summed E-state index contributed by atoms with van der Waals surface area (Å²) >= 11 is 0. The monoisotopic (exact) mass is 324 g/mol. The van der Waals surface area contributed by atoms with E-state index in [9.17, 15) is 27.6 Å². The molecule has 1 aliphatic heterocycles. The van der Waals surface area contributed by atoms with Crippen molar-refractivity contribution in [1.82, 2.24) is 20.9 Å². The molecule has 0 unspecified atom stereocenters. The van der Waals surface area contributed by atoms with Crippen LogP contribution < -0.4 is 16.0 Å². The van der Waals surface area contributed by atoms with Crippen molar-refractivity contribution in [3.05, 3.63) is 0 Å². The van der Waals surface area contributed by atoms with Crippen molar-refractivity contribution in [2.24, 2.45) is 5.92 Å². The molecule has 0 saturated carbocycles. The lowest BCUT2D eigenvalue weighted by atomic mass is 9.96. The number of nitrogens with zero attached hydrogens (tertiary/aromatic N) is 1. The number of rotatable bonds is 4. The number of likely N-dealkylation sites (tertiary alicyclic amines) is 1. The lowest BCUT2D eigenvalue weighted by molar-refractivity contribution is -0.127. The Morgan fingerprint density at radius 3 is 2.27 bits per heavy atom. The quantitative estimate of drug-likeness (QED) is 0.670. The molecule has 126 valence electrons. The Labute approximate surface area is 125 Å². The number of nitrogens with one attached hydrogen (secondary N) is 3. The standard InChI is InChI=1S/C12H19F3N4O3/c1-16-10(21)8-2-4-19(5-3-8)6-9(20)18-11(22)17-7-12(13,14)15/h8H,2-7H2,1H3,(H,16,21)(H2,17,18,20,22). The maximum absolute atomic E-state index is 11.9. The van der Waals surface area contributed by atoms with Gasteiger partial charge in [-0.15, -0.1) is 0 Å². The van der Waals surface area contributed by atoms with Crippen LogP contribution in [0.25, 0.3) is 0 Å². The fourth-order valence-electron chi connectivity index (χ4n) is 2.15. The minimum Gasteiger partial charge on any atom is -0.359 e. The van der Waals surface area contributed by atoms with Gasteiger partial charge in [0.05, 0.1) is 6.54 Å². The Balaban J connectivity index is 2.26. The van der Waals surface area contributed by atoms with Gasteiger partial charge < -0.3 is 10.6 Å². The lowest BCUT2D eigenvalue weighted by Crippen LogP contribution is -2.48. The summed E-state index contributed by atoms with van der Waals surface area (Å²) in [7, 11) is 1.56. The fraction of sp³-hybridized carbons (Fsp3) is 0.750. The second kappa shape index (κ2) is 7.97. The zero-order valence-corrected chi connectivity index (χ0v) is 12.1. The molecule has 1 aliphatic rings. The van der Waals surface area contributed by atoms with E-state index in [4.69, 9.17) is 0 Å². The van der Waals surface area contributed by atoms with E-state index in [1.807, 2.05) is 5.32 Å². The van der Waals surface area contributed by atoms with Gasteiger partial charge in [0.1, 0.15) is 6.54 Å². The van der Waals surface area contributed by atoms with E-state index in [-0.39, 0.29) is 18.4 Å². The van der Waals surface area contributed by atoms with E-state index in [2.05, 4.69) is 5.32 Å². The van der Waals surface area contributed by atoms with Gasteiger partial charge in [-0.2, -0.15) is 13.2 Å². The number of halogens is 3. The first-order valence-electron chi connectivity index (χ1n) is 6.79. The number of hydrogen-bond acceptors (Lipinski definition) is 4. The van der Waals surface area contributed by atoms with Crippen molar-refractivity contribution in [2.75, 3.05) is 33.2 Å². The fourth-order valence-corrected chi connectivity index (χ4v) is 2.15. The van der Waals surface area contributed by atoms with Gasteiger partial charge in [0.25, 0.3) is 0 Å². The molecule has 4 amide bonds. The third-order valence-corrected chi connectivity index (χ3v) is 3.27. The zero-order valence-electron chi connectivity index (χ0n) is 12.1. The van der Waals surface area contributed by atoms with Gasteiger partial charge in [-0.1, -0.05) is 0 Å². The van der Waals surface area contributed by atoms with E-state index in [1.165, 1.54) is 0 Å². The normalized spacial score (nSPS) is 16.9. The van der Waals surface area contributed by atoms with Crippen LogP contribution in [0.3, 0.4) is 0 Å². The van der Waals surface area contributed by atoms with Crippen molar-refractivity contribution in [3.8, 4) is 0 Å². The van der Waals surface area contributed by atoms with Gasteiger partial charge in [-0.05, 0) is 25.9 Å². The molecule has 3 N–H and O–H groups in total. The summed E-state index contributed by atoms with van der Waals surface area (Å²) in [5, 5.41) is 5.95. The SMILES string of the molecule is CNC(=O)C1CCN(CC(=O)NC(=O)NCC(F)(F)F)CC1. The molecule has 1 heterocycles. The first-order valence-corrected chi connectivity index (χ1v) is 6.79. The van der Waals surface area contributed by atoms with Crippen LogP contribution in [0.5, 0.6) is 0 Å². The topological polar surface area (TPSA) is 90.5 Å². The van der Waals surface area contributed by atoms with Crippen molar-refractivity contribution >= 4 is 17.8 Å². The minimum absolute atomic E-state index is 0.0457. The Bertz CT molecular complexity index is 420. The third kappa shape index (κ3) is 6.74. The summed E-state index contributed by atoms with van der Waals surface area (Å²) in [5.74, 6) is -0.826. The molecule has 0 aromatic rings. The number of imide groups is 1. The molecule has 1 rings (SSSR count). The summed E-state index contributed by atoms with van der Waals surface area (Å²) in [4.78, 5) is 35.8. The van der Waals surface area contributed by atoms with Gasteiger partial charge in [0.2, 0.25) is 11.8 Å². The average Bonchev–Trinajstić information content (AvgIpc) is 2.44. The molecule has 22 heavy (non-hydrogen) atoms. The molecule has 7 nitrogen and oxygen atoms in total. The van der Waals surface area contributed by atoms with Crippen LogP contribution in [0.2, 0.25) is 0 Å². The van der Waals surface area contributed by atoms with Crippen LogP contribution in [0, 0.1) is 5.92 Å². The first-order chi connectivity index (χ1) is 10.2. The van der Waals surface area contributed by atoms with E-state index in [1.54, 1.807) is 17.3 Å². The molecule has 0 aromatic carbocycles. The van der Waals surface area contributed by atoms with Crippen molar-refractivity contribution in [3.63, 3.8) is 0 Å². The van der Waals surface area contributed by atoms with Gasteiger partial charge in [0.15, 0.2) is 0 Å². The van der Waals surface area contributed by atoms with Gasteiger partial charge in [-0.25, -0.2) is 4.79 Å². The number of piperidine rings is 1. The van der Waals surface area contributed by atoms with E-state index >= 15 is 0 Å². The van der Waals surface area contributed by atoms with Crippen LogP contribution in [0.15, 0.2) is 0 Å². The largest absolute Gasteiger partial charge is 0.405 e. The highest BCUT2D eigenvalue weighted by atomic mass is 19.4. The predicted octanol–water partition coefficient (Wildman–Crippen LogP) is -0.168. The summed E-state index contributed by atoms with van der Waals surface area (Å²) in [6, 6.07) is -1.18. The molecular formula is C12H19F3N4O3.